The van der Waals surface area contributed by atoms with Crippen LogP contribution >= 0.6 is 0 Å². The van der Waals surface area contributed by atoms with E-state index in [1.54, 1.807) is 11.1 Å². The molecule has 0 aliphatic carbocycles. The second-order valence-electron chi connectivity index (χ2n) is 5.26. The highest BCUT2D eigenvalue weighted by Crippen LogP contribution is 2.08. The molecule has 0 radical (unpaired) electrons. The fourth-order valence-electron chi connectivity index (χ4n) is 1.34. The normalized spacial score (nSPS) is 13.8. The summed E-state index contributed by atoms with van der Waals surface area (Å²) in [5, 5.41) is 0. The van der Waals surface area contributed by atoms with Gasteiger partial charge in [0.15, 0.2) is 0 Å². The van der Waals surface area contributed by atoms with Crippen molar-refractivity contribution in [2.45, 2.75) is 12.8 Å². The third-order valence-corrected chi connectivity index (χ3v) is 2.50. The van der Waals surface area contributed by atoms with Gasteiger partial charge in [0.05, 0.1) is 21.1 Å². The molecule has 1 amide bonds. The second-order valence-corrected chi connectivity index (χ2v) is 5.26. The van der Waals surface area contributed by atoms with Crippen LogP contribution in [-0.2, 0) is 14.3 Å². The number of likely N-dealkylation sites (tertiary alicyclic amines) is 1. The topological polar surface area (TPSA) is 46.6 Å². The van der Waals surface area contributed by atoms with E-state index in [1.807, 2.05) is 21.1 Å². The number of ether oxygens (including phenoxy) is 1. The van der Waals surface area contributed by atoms with Gasteiger partial charge in [0, 0.05) is 19.0 Å². The first-order chi connectivity index (χ1) is 8.80. The Morgan fingerprint density at radius 3 is 2.30 bits per heavy atom. The van der Waals surface area contributed by atoms with E-state index in [9.17, 15) is 9.59 Å². The highest BCUT2D eigenvalue weighted by molar-refractivity contribution is 5.81. The third kappa shape index (κ3) is 10.6. The van der Waals surface area contributed by atoms with Gasteiger partial charge in [-0.15, -0.1) is 0 Å². The number of amides is 1. The minimum Gasteiger partial charge on any atom is -1.00 e. The summed E-state index contributed by atoms with van der Waals surface area (Å²) in [5.41, 5.74) is 0. The molecule has 0 atom stereocenters. The summed E-state index contributed by atoms with van der Waals surface area (Å²) in [5.74, 6) is -0.140. The van der Waals surface area contributed by atoms with Crippen LogP contribution in [0.3, 0.4) is 0 Å². The average Bonchev–Trinajstić information content (AvgIpc) is 2.73. The van der Waals surface area contributed by atoms with Crippen molar-refractivity contribution in [3.05, 3.63) is 25.4 Å². The van der Waals surface area contributed by atoms with Crippen molar-refractivity contribution in [3.63, 3.8) is 0 Å². The Kier molecular flexibility index (Phi) is 11.0. The Morgan fingerprint density at radius 2 is 2.00 bits per heavy atom. The van der Waals surface area contributed by atoms with E-state index in [2.05, 4.69) is 13.2 Å². The van der Waals surface area contributed by atoms with Gasteiger partial charge in [-0.1, -0.05) is 13.2 Å². The Labute approximate surface area is 127 Å². The number of hydrogen-bond acceptors (Lipinski definition) is 3. The van der Waals surface area contributed by atoms with Crippen LogP contribution in [0.15, 0.2) is 25.4 Å². The average molecular weight is 305 g/mol. The van der Waals surface area contributed by atoms with Gasteiger partial charge in [0.25, 0.3) is 0 Å². The highest BCUT2D eigenvalue weighted by atomic mass is 35.5. The van der Waals surface area contributed by atoms with Gasteiger partial charge in [-0.3, -0.25) is 4.79 Å². The van der Waals surface area contributed by atoms with Crippen molar-refractivity contribution < 1.29 is 31.2 Å². The first-order valence-corrected chi connectivity index (χ1v) is 6.32. The molecule has 1 fully saturated rings. The van der Waals surface area contributed by atoms with Crippen LogP contribution in [0.25, 0.3) is 0 Å². The smallest absolute Gasteiger partial charge is 0.330 e. The lowest BCUT2D eigenvalue weighted by Crippen LogP contribution is -3.00. The van der Waals surface area contributed by atoms with Gasteiger partial charge >= 0.3 is 5.97 Å². The van der Waals surface area contributed by atoms with Gasteiger partial charge < -0.3 is 26.5 Å². The number of carbonyl (C=O) groups is 2. The zero-order valence-electron chi connectivity index (χ0n) is 12.6. The van der Waals surface area contributed by atoms with Crippen molar-refractivity contribution in [2.75, 3.05) is 40.8 Å². The molecule has 6 heteroatoms. The number of carbonyl (C=O) groups excluding carboxylic acids is 2. The van der Waals surface area contributed by atoms with Crippen molar-refractivity contribution in [3.8, 4) is 0 Å². The molecular formula is C14H25ClN2O3. The number of likely N-dealkylation sites (N-methyl/N-ethyl adjacent to an activating group) is 1. The first-order valence-electron chi connectivity index (χ1n) is 6.32. The largest absolute Gasteiger partial charge is 1.00 e. The van der Waals surface area contributed by atoms with Gasteiger partial charge in [0.2, 0.25) is 5.91 Å². The molecular weight excluding hydrogens is 280 g/mol. The van der Waals surface area contributed by atoms with Crippen molar-refractivity contribution in [1.29, 1.82) is 0 Å². The van der Waals surface area contributed by atoms with Gasteiger partial charge in [-0.2, -0.15) is 0 Å². The summed E-state index contributed by atoms with van der Waals surface area (Å²) in [4.78, 5) is 22.9. The fraction of sp³-hybridized carbons (Fsp3) is 0.571. The predicted molar refractivity (Wildman–Crippen MR) is 75.2 cm³/mol. The van der Waals surface area contributed by atoms with Gasteiger partial charge in [-0.25, -0.2) is 4.79 Å². The molecule has 5 nitrogen and oxygen atoms in total. The summed E-state index contributed by atoms with van der Waals surface area (Å²) in [6, 6.07) is 0. The lowest BCUT2D eigenvalue weighted by molar-refractivity contribution is -0.870. The highest BCUT2D eigenvalue weighted by Gasteiger charge is 2.16. The Hall–Kier alpha value is -1.33. The number of quaternary nitrogens is 1. The molecule has 1 aliphatic heterocycles. The molecule has 0 unspecified atom stereocenters. The minimum atomic E-state index is -0.349. The molecule has 1 heterocycles. The summed E-state index contributed by atoms with van der Waals surface area (Å²) < 4.78 is 5.59. The van der Waals surface area contributed by atoms with Crippen molar-refractivity contribution >= 4 is 11.9 Å². The van der Waals surface area contributed by atoms with E-state index in [-0.39, 0.29) is 24.3 Å². The molecule has 0 aromatic heterocycles. The Balaban J connectivity index is 0. The van der Waals surface area contributed by atoms with Crippen LogP contribution in [0.2, 0.25) is 0 Å². The minimum absolute atomic E-state index is 0. The summed E-state index contributed by atoms with van der Waals surface area (Å²) in [6.07, 6.45) is 4.46. The monoisotopic (exact) mass is 304 g/mol. The van der Waals surface area contributed by atoms with E-state index in [0.717, 1.165) is 24.0 Å². The van der Waals surface area contributed by atoms with Crippen molar-refractivity contribution in [2.24, 2.45) is 0 Å². The molecule has 20 heavy (non-hydrogen) atoms. The molecule has 0 bridgehead atoms. The molecule has 0 aromatic carbocycles. The summed E-state index contributed by atoms with van der Waals surface area (Å²) >= 11 is 0. The number of halogens is 1. The van der Waals surface area contributed by atoms with Crippen LogP contribution in [0.4, 0.5) is 0 Å². The lowest BCUT2D eigenvalue weighted by Gasteiger charge is -2.23. The molecule has 0 aromatic rings. The maximum Gasteiger partial charge on any atom is 0.330 e. The number of nitrogens with zero attached hydrogens (tertiary/aromatic N) is 2. The van der Waals surface area contributed by atoms with E-state index >= 15 is 0 Å². The van der Waals surface area contributed by atoms with Crippen LogP contribution in [-0.4, -0.2) is 62.1 Å². The van der Waals surface area contributed by atoms with Crippen LogP contribution in [0.1, 0.15) is 12.8 Å². The quantitative estimate of drug-likeness (QED) is 0.341. The van der Waals surface area contributed by atoms with E-state index in [4.69, 9.17) is 4.74 Å². The fourth-order valence-corrected chi connectivity index (χ4v) is 1.34. The number of rotatable bonds is 5. The zero-order valence-corrected chi connectivity index (χ0v) is 13.4. The number of hydrogen-bond donors (Lipinski definition) is 0. The predicted octanol–water partition coefficient (Wildman–Crippen LogP) is -1.82. The standard InChI is InChI=1S/C8H16NO2.C6H9NO.ClH/c1-5-8(10)11-7-6-9(2,3)4;1-2-7-5-3-4-6(7)8;/h5H,1,6-7H2,2-4H3;2H,1,3-5H2;1H/q+1;;/p-1. The summed E-state index contributed by atoms with van der Waals surface area (Å²) in [7, 11) is 6.13. The van der Waals surface area contributed by atoms with Crippen LogP contribution in [0, 0.1) is 0 Å². The van der Waals surface area contributed by atoms with E-state index in [1.165, 1.54) is 6.08 Å². The maximum atomic E-state index is 10.7. The van der Waals surface area contributed by atoms with Gasteiger partial charge in [0.1, 0.15) is 13.2 Å². The Morgan fingerprint density at radius 1 is 1.40 bits per heavy atom. The molecule has 1 saturated heterocycles. The van der Waals surface area contributed by atoms with Crippen molar-refractivity contribution in [1.82, 2.24) is 4.90 Å². The first kappa shape index (κ1) is 21.0. The van der Waals surface area contributed by atoms with Crippen LogP contribution in [0.5, 0.6) is 0 Å². The summed E-state index contributed by atoms with van der Waals surface area (Å²) in [6.45, 7) is 8.93. The zero-order chi connectivity index (χ0) is 14.9. The molecule has 116 valence electrons. The SMILES string of the molecule is C=CC(=O)OCC[N+](C)(C)C.C=CN1CCCC1=O.[Cl-]. The Bertz CT molecular complexity index is 338. The molecule has 0 saturated carbocycles. The van der Waals surface area contributed by atoms with E-state index < -0.39 is 0 Å². The number of esters is 1. The molecule has 1 aliphatic rings. The molecule has 0 N–H and O–H groups in total. The second kappa shape index (κ2) is 10.5. The van der Waals surface area contributed by atoms with Gasteiger partial charge in [-0.05, 0) is 12.6 Å². The lowest BCUT2D eigenvalue weighted by atomic mass is 10.4. The van der Waals surface area contributed by atoms with E-state index in [0.29, 0.717) is 13.0 Å². The van der Waals surface area contributed by atoms with Crippen LogP contribution < -0.4 is 12.4 Å². The molecule has 1 rings (SSSR count). The third-order valence-electron chi connectivity index (χ3n) is 2.50. The molecule has 0 spiro atoms. The maximum absolute atomic E-state index is 10.7.